The topological polar surface area (TPSA) is 102 Å². The average Bonchev–Trinajstić information content (AvgIpc) is 3.15. The Balaban J connectivity index is 1.69. The predicted octanol–water partition coefficient (Wildman–Crippen LogP) is 1.68. The van der Waals surface area contributed by atoms with Gasteiger partial charge in [0.05, 0.1) is 17.6 Å². The van der Waals surface area contributed by atoms with Crippen LogP contribution in [0.4, 0.5) is 0 Å². The summed E-state index contributed by atoms with van der Waals surface area (Å²) in [5.74, 6) is -1.04. The van der Waals surface area contributed by atoms with Gasteiger partial charge >= 0.3 is 5.97 Å². The van der Waals surface area contributed by atoms with E-state index < -0.39 is 24.0 Å². The number of nitrogens with zero attached hydrogens (tertiary/aromatic N) is 3. The minimum Gasteiger partial charge on any atom is -0.488 e. The van der Waals surface area contributed by atoms with Crippen molar-refractivity contribution in [3.63, 3.8) is 0 Å². The summed E-state index contributed by atoms with van der Waals surface area (Å²) < 4.78 is 7.30. The molecular weight excluding hydrogens is 374 g/mol. The Morgan fingerprint density at radius 2 is 1.90 bits per heavy atom. The van der Waals surface area contributed by atoms with Crippen molar-refractivity contribution in [2.75, 3.05) is 6.54 Å². The van der Waals surface area contributed by atoms with Gasteiger partial charge in [-0.2, -0.15) is 0 Å². The third-order valence-electron chi connectivity index (χ3n) is 5.15. The molecule has 3 heterocycles. The summed E-state index contributed by atoms with van der Waals surface area (Å²) in [5, 5.41) is 10.2. The third-order valence-corrected chi connectivity index (χ3v) is 5.15. The second-order valence-electron chi connectivity index (χ2n) is 6.94. The molecular formula is C21H19N3O5. The quantitative estimate of drug-likeness (QED) is 0.724. The number of hydrogen-bond acceptors (Lipinski definition) is 5. The number of pyridine rings is 2. The molecule has 1 aliphatic rings. The van der Waals surface area contributed by atoms with Crippen LogP contribution in [-0.4, -0.2) is 50.1 Å². The van der Waals surface area contributed by atoms with Crippen molar-refractivity contribution in [2.45, 2.75) is 18.6 Å². The van der Waals surface area contributed by atoms with Gasteiger partial charge in [0.25, 0.3) is 11.5 Å². The molecule has 1 fully saturated rings. The van der Waals surface area contributed by atoms with Gasteiger partial charge in [0.15, 0.2) is 0 Å². The number of ether oxygens (including phenoxy) is 1. The van der Waals surface area contributed by atoms with Gasteiger partial charge < -0.3 is 19.3 Å². The monoisotopic (exact) mass is 393 g/mol. The van der Waals surface area contributed by atoms with Crippen LogP contribution in [0.2, 0.25) is 0 Å². The number of carboxylic acids is 1. The average molecular weight is 393 g/mol. The van der Waals surface area contributed by atoms with Crippen molar-refractivity contribution in [1.29, 1.82) is 0 Å². The lowest BCUT2D eigenvalue weighted by atomic mass is 10.1. The van der Waals surface area contributed by atoms with Gasteiger partial charge in [0.1, 0.15) is 17.9 Å². The van der Waals surface area contributed by atoms with E-state index in [0.717, 1.165) is 0 Å². The van der Waals surface area contributed by atoms with Gasteiger partial charge in [0.2, 0.25) is 0 Å². The number of likely N-dealkylation sites (tertiary alicyclic amines) is 1. The second-order valence-corrected chi connectivity index (χ2v) is 6.94. The molecule has 1 aromatic carbocycles. The van der Waals surface area contributed by atoms with E-state index in [2.05, 4.69) is 4.98 Å². The molecule has 29 heavy (non-hydrogen) atoms. The van der Waals surface area contributed by atoms with Gasteiger partial charge in [0, 0.05) is 37.3 Å². The summed E-state index contributed by atoms with van der Waals surface area (Å²) in [6.45, 7) is 0.113. The first kappa shape index (κ1) is 18.7. The maximum absolute atomic E-state index is 13.3. The molecule has 8 heteroatoms. The molecule has 148 valence electrons. The zero-order chi connectivity index (χ0) is 20.5. The van der Waals surface area contributed by atoms with Gasteiger partial charge in [-0.25, -0.2) is 4.79 Å². The molecule has 1 aliphatic heterocycles. The van der Waals surface area contributed by atoms with Crippen LogP contribution in [0.3, 0.4) is 0 Å². The Kier molecular flexibility index (Phi) is 4.75. The predicted molar refractivity (Wildman–Crippen MR) is 105 cm³/mol. The number of fused-ring (bicyclic) bond motifs is 1. The van der Waals surface area contributed by atoms with E-state index in [-0.39, 0.29) is 24.1 Å². The molecule has 4 rings (SSSR count). The molecule has 1 saturated heterocycles. The first-order valence-electron chi connectivity index (χ1n) is 9.15. The lowest BCUT2D eigenvalue weighted by molar-refractivity contribution is -0.141. The highest BCUT2D eigenvalue weighted by molar-refractivity contribution is 6.07. The van der Waals surface area contributed by atoms with Crippen molar-refractivity contribution in [2.24, 2.45) is 7.05 Å². The molecule has 0 bridgehead atoms. The number of amides is 1. The SMILES string of the molecule is Cn1c(=O)cc(C(=O)N2C[C@@H](Oc3ccncc3)C[C@H]2C(=O)O)c2ccccc21. The van der Waals surface area contributed by atoms with Crippen molar-refractivity contribution < 1.29 is 19.4 Å². The van der Waals surface area contributed by atoms with Crippen LogP contribution in [0, 0.1) is 0 Å². The number of aryl methyl sites for hydroxylation is 1. The fourth-order valence-electron chi connectivity index (χ4n) is 3.69. The Hall–Kier alpha value is -3.68. The molecule has 0 saturated carbocycles. The summed E-state index contributed by atoms with van der Waals surface area (Å²) in [6.07, 6.45) is 2.84. The van der Waals surface area contributed by atoms with E-state index >= 15 is 0 Å². The Morgan fingerprint density at radius 3 is 2.62 bits per heavy atom. The van der Waals surface area contributed by atoms with E-state index in [1.54, 1.807) is 55.8 Å². The fourth-order valence-corrected chi connectivity index (χ4v) is 3.69. The number of carbonyl (C=O) groups excluding carboxylic acids is 1. The molecule has 1 N–H and O–H groups in total. The maximum Gasteiger partial charge on any atom is 0.326 e. The van der Waals surface area contributed by atoms with E-state index in [1.807, 2.05) is 0 Å². The molecule has 0 radical (unpaired) electrons. The minimum absolute atomic E-state index is 0.113. The highest BCUT2D eigenvalue weighted by atomic mass is 16.5. The number of rotatable bonds is 4. The highest BCUT2D eigenvalue weighted by Crippen LogP contribution is 2.26. The molecule has 0 aliphatic carbocycles. The van der Waals surface area contributed by atoms with Crippen LogP contribution in [0.1, 0.15) is 16.8 Å². The lowest BCUT2D eigenvalue weighted by Gasteiger charge is -2.22. The van der Waals surface area contributed by atoms with Crippen LogP contribution in [-0.2, 0) is 11.8 Å². The summed E-state index contributed by atoms with van der Waals surface area (Å²) in [4.78, 5) is 42.6. The normalized spacial score (nSPS) is 18.7. The summed E-state index contributed by atoms with van der Waals surface area (Å²) in [6, 6.07) is 10.6. The number of carbonyl (C=O) groups is 2. The minimum atomic E-state index is -1.10. The van der Waals surface area contributed by atoms with Crippen molar-refractivity contribution >= 4 is 22.8 Å². The second kappa shape index (κ2) is 7.38. The molecule has 0 spiro atoms. The van der Waals surface area contributed by atoms with E-state index in [1.165, 1.54) is 15.5 Å². The van der Waals surface area contributed by atoms with Crippen LogP contribution in [0.5, 0.6) is 5.75 Å². The van der Waals surface area contributed by atoms with Gasteiger partial charge in [-0.05, 0) is 18.2 Å². The number of benzene rings is 1. The number of carboxylic acid groups (broad SMARTS) is 1. The fraction of sp³-hybridized carbons (Fsp3) is 0.238. The summed E-state index contributed by atoms with van der Waals surface area (Å²) in [7, 11) is 1.63. The molecule has 3 aromatic rings. The zero-order valence-electron chi connectivity index (χ0n) is 15.7. The third kappa shape index (κ3) is 3.44. The Bertz CT molecular complexity index is 1140. The molecule has 0 unspecified atom stereocenters. The van der Waals surface area contributed by atoms with Crippen molar-refractivity contribution in [3.8, 4) is 5.75 Å². The van der Waals surface area contributed by atoms with Gasteiger partial charge in [-0.15, -0.1) is 0 Å². The van der Waals surface area contributed by atoms with Gasteiger partial charge in [-0.3, -0.25) is 14.6 Å². The number of para-hydroxylation sites is 1. The number of aromatic nitrogens is 2. The molecule has 8 nitrogen and oxygen atoms in total. The first-order valence-corrected chi connectivity index (χ1v) is 9.15. The van der Waals surface area contributed by atoms with Crippen LogP contribution in [0.15, 0.2) is 59.7 Å². The summed E-state index contributed by atoms with van der Waals surface area (Å²) in [5.41, 5.74) is 0.473. The molecule has 2 atom stereocenters. The Labute approximate surface area is 166 Å². The zero-order valence-corrected chi connectivity index (χ0v) is 15.7. The highest BCUT2D eigenvalue weighted by Gasteiger charge is 2.41. The van der Waals surface area contributed by atoms with E-state index in [9.17, 15) is 19.5 Å². The lowest BCUT2D eigenvalue weighted by Crippen LogP contribution is -2.41. The first-order chi connectivity index (χ1) is 14.0. The molecule has 2 aromatic heterocycles. The smallest absolute Gasteiger partial charge is 0.326 e. The van der Waals surface area contributed by atoms with Crippen LogP contribution >= 0.6 is 0 Å². The van der Waals surface area contributed by atoms with Crippen molar-refractivity contribution in [3.05, 3.63) is 70.8 Å². The number of hydrogen-bond donors (Lipinski definition) is 1. The standard InChI is InChI=1S/C21H19N3O5/c1-23-17-5-3-2-4-15(17)16(11-19(23)25)20(26)24-12-14(10-18(24)21(27)28)29-13-6-8-22-9-7-13/h2-9,11,14,18H,10,12H2,1H3,(H,27,28)/t14-,18-/m0/s1. The van der Waals surface area contributed by atoms with Crippen molar-refractivity contribution in [1.82, 2.24) is 14.5 Å². The summed E-state index contributed by atoms with van der Waals surface area (Å²) >= 11 is 0. The van der Waals surface area contributed by atoms with E-state index in [4.69, 9.17) is 4.74 Å². The van der Waals surface area contributed by atoms with E-state index in [0.29, 0.717) is 16.7 Å². The largest absolute Gasteiger partial charge is 0.488 e. The van der Waals surface area contributed by atoms with Crippen LogP contribution < -0.4 is 10.3 Å². The number of aliphatic carboxylic acids is 1. The Morgan fingerprint density at radius 1 is 1.17 bits per heavy atom. The van der Waals surface area contributed by atoms with Gasteiger partial charge in [-0.1, -0.05) is 18.2 Å². The van der Waals surface area contributed by atoms with Crippen LogP contribution in [0.25, 0.3) is 10.9 Å². The molecule has 1 amide bonds. The maximum atomic E-state index is 13.3.